The molecule has 8 nitrogen and oxygen atoms in total. The first-order chi connectivity index (χ1) is 9.56. The van der Waals surface area contributed by atoms with Crippen molar-refractivity contribution in [1.29, 1.82) is 0 Å². The molecule has 0 unspecified atom stereocenters. The summed E-state index contributed by atoms with van der Waals surface area (Å²) in [5, 5.41) is 17.8. The second-order valence-electron chi connectivity index (χ2n) is 3.75. The molecule has 2 aromatic rings. The first kappa shape index (κ1) is 13.3. The van der Waals surface area contributed by atoms with Crippen LogP contribution in [0.4, 0.5) is 11.5 Å². The van der Waals surface area contributed by atoms with Crippen molar-refractivity contribution in [2.75, 3.05) is 11.1 Å². The molecule has 0 fully saturated rings. The van der Waals surface area contributed by atoms with Crippen LogP contribution in [-0.2, 0) is 4.79 Å². The molecule has 1 aromatic carbocycles. The molecule has 0 saturated carbocycles. The summed E-state index contributed by atoms with van der Waals surface area (Å²) < 4.78 is 4.33. The molecule has 0 aliphatic rings. The highest BCUT2D eigenvalue weighted by Crippen LogP contribution is 2.14. The summed E-state index contributed by atoms with van der Waals surface area (Å²) in [7, 11) is 0. The average molecular weight is 274 g/mol. The number of aromatic nitrogens is 2. The van der Waals surface area contributed by atoms with Gasteiger partial charge in [0.05, 0.1) is 0 Å². The highest BCUT2D eigenvalue weighted by Gasteiger charge is 2.15. The Bertz CT molecular complexity index is 678. The fourth-order valence-corrected chi connectivity index (χ4v) is 1.43. The molecule has 102 valence electrons. The van der Waals surface area contributed by atoms with Gasteiger partial charge in [-0.3, -0.25) is 4.79 Å². The van der Waals surface area contributed by atoms with Crippen molar-refractivity contribution in [2.45, 2.75) is 0 Å². The highest BCUT2D eigenvalue weighted by molar-refractivity contribution is 6.05. The Morgan fingerprint density at radius 1 is 1.35 bits per heavy atom. The summed E-state index contributed by atoms with van der Waals surface area (Å²) in [5.74, 6) is -1.73. The Morgan fingerprint density at radius 2 is 2.15 bits per heavy atom. The Hall–Kier alpha value is -3.16. The van der Waals surface area contributed by atoms with Crippen LogP contribution in [0.3, 0.4) is 0 Å². The molecule has 8 heteroatoms. The minimum absolute atomic E-state index is 0.107. The van der Waals surface area contributed by atoms with Crippen LogP contribution in [0.5, 0.6) is 0 Å². The van der Waals surface area contributed by atoms with E-state index in [1.54, 1.807) is 24.3 Å². The van der Waals surface area contributed by atoms with Crippen molar-refractivity contribution >= 4 is 29.5 Å². The summed E-state index contributed by atoms with van der Waals surface area (Å²) in [6, 6.07) is 6.60. The van der Waals surface area contributed by atoms with E-state index >= 15 is 0 Å². The normalized spacial score (nSPS) is 10.6. The van der Waals surface area contributed by atoms with Gasteiger partial charge in [0.25, 0.3) is 5.91 Å². The SMILES string of the molecule is Nc1nonc1C(=O)Nc1cccc(/C=C/C(=O)O)c1. The Labute approximate surface area is 112 Å². The van der Waals surface area contributed by atoms with Crippen molar-refractivity contribution < 1.29 is 19.3 Å². The number of amides is 1. The van der Waals surface area contributed by atoms with Gasteiger partial charge in [0.15, 0.2) is 0 Å². The van der Waals surface area contributed by atoms with Crippen LogP contribution in [0, 0.1) is 0 Å². The predicted molar refractivity (Wildman–Crippen MR) is 69.8 cm³/mol. The lowest BCUT2D eigenvalue weighted by Crippen LogP contribution is -2.14. The Balaban J connectivity index is 2.14. The van der Waals surface area contributed by atoms with Crippen molar-refractivity contribution in [2.24, 2.45) is 0 Å². The summed E-state index contributed by atoms with van der Waals surface area (Å²) >= 11 is 0. The van der Waals surface area contributed by atoms with Gasteiger partial charge in [-0.2, -0.15) is 0 Å². The van der Waals surface area contributed by atoms with E-state index in [0.29, 0.717) is 11.3 Å². The first-order valence-electron chi connectivity index (χ1n) is 5.46. The molecule has 0 bridgehead atoms. The second-order valence-corrected chi connectivity index (χ2v) is 3.75. The molecule has 0 atom stereocenters. The molecular formula is C12H10N4O4. The summed E-state index contributed by atoms with van der Waals surface area (Å²) in [4.78, 5) is 22.2. The van der Waals surface area contributed by atoms with Crippen LogP contribution >= 0.6 is 0 Å². The number of carbonyl (C=O) groups excluding carboxylic acids is 1. The van der Waals surface area contributed by atoms with Crippen LogP contribution < -0.4 is 11.1 Å². The second kappa shape index (κ2) is 5.65. The number of aliphatic carboxylic acids is 1. The number of carboxylic acid groups (broad SMARTS) is 1. The zero-order chi connectivity index (χ0) is 14.5. The average Bonchev–Trinajstić information content (AvgIpc) is 2.83. The van der Waals surface area contributed by atoms with Crippen molar-refractivity contribution in [1.82, 2.24) is 10.3 Å². The molecule has 1 heterocycles. The van der Waals surface area contributed by atoms with Crippen molar-refractivity contribution in [3.8, 4) is 0 Å². The number of nitrogens with zero attached hydrogens (tertiary/aromatic N) is 2. The highest BCUT2D eigenvalue weighted by atomic mass is 16.6. The van der Waals surface area contributed by atoms with E-state index in [2.05, 4.69) is 20.3 Å². The van der Waals surface area contributed by atoms with Gasteiger partial charge in [-0.25, -0.2) is 9.42 Å². The zero-order valence-corrected chi connectivity index (χ0v) is 10.1. The minimum atomic E-state index is -1.05. The molecule has 0 radical (unpaired) electrons. The van der Waals surface area contributed by atoms with Crippen LogP contribution in [-0.4, -0.2) is 27.3 Å². The number of rotatable bonds is 4. The monoisotopic (exact) mass is 274 g/mol. The summed E-state index contributed by atoms with van der Waals surface area (Å²) in [5.41, 5.74) is 6.37. The van der Waals surface area contributed by atoms with Gasteiger partial charge in [-0.05, 0) is 34.1 Å². The number of carbonyl (C=O) groups is 2. The predicted octanol–water partition coefficient (Wildman–Crippen LogP) is 1.00. The fourth-order valence-electron chi connectivity index (χ4n) is 1.43. The fraction of sp³-hybridized carbons (Fsp3) is 0. The number of carboxylic acids is 1. The third-order valence-electron chi connectivity index (χ3n) is 2.29. The van der Waals surface area contributed by atoms with E-state index < -0.39 is 11.9 Å². The molecule has 1 amide bonds. The number of benzene rings is 1. The van der Waals surface area contributed by atoms with Crippen LogP contribution in [0.1, 0.15) is 16.1 Å². The van der Waals surface area contributed by atoms with Gasteiger partial charge in [-0.1, -0.05) is 12.1 Å². The molecular weight excluding hydrogens is 264 g/mol. The zero-order valence-electron chi connectivity index (χ0n) is 10.1. The molecule has 0 aliphatic carbocycles. The van der Waals surface area contributed by atoms with Gasteiger partial charge in [0.1, 0.15) is 0 Å². The quantitative estimate of drug-likeness (QED) is 0.708. The van der Waals surface area contributed by atoms with Crippen LogP contribution in [0.15, 0.2) is 35.0 Å². The minimum Gasteiger partial charge on any atom is -0.478 e. The molecule has 2 rings (SSSR count). The van der Waals surface area contributed by atoms with E-state index in [1.807, 2.05) is 0 Å². The number of nitrogens with one attached hydrogen (secondary N) is 1. The molecule has 0 saturated heterocycles. The van der Waals surface area contributed by atoms with E-state index in [0.717, 1.165) is 6.08 Å². The molecule has 20 heavy (non-hydrogen) atoms. The molecule has 0 aliphatic heterocycles. The summed E-state index contributed by atoms with van der Waals surface area (Å²) in [6.45, 7) is 0. The lowest BCUT2D eigenvalue weighted by Gasteiger charge is -2.03. The van der Waals surface area contributed by atoms with E-state index in [-0.39, 0.29) is 11.5 Å². The third-order valence-corrected chi connectivity index (χ3v) is 2.29. The number of hydrogen-bond acceptors (Lipinski definition) is 6. The Kier molecular flexibility index (Phi) is 3.75. The molecule has 1 aromatic heterocycles. The maximum atomic E-state index is 11.8. The lowest BCUT2D eigenvalue weighted by atomic mass is 10.2. The Morgan fingerprint density at radius 3 is 2.80 bits per heavy atom. The van der Waals surface area contributed by atoms with Gasteiger partial charge in [0, 0.05) is 11.8 Å². The van der Waals surface area contributed by atoms with Gasteiger partial charge < -0.3 is 16.2 Å². The van der Waals surface area contributed by atoms with Gasteiger partial charge in [-0.15, -0.1) is 0 Å². The number of nitrogens with two attached hydrogens (primary N) is 1. The van der Waals surface area contributed by atoms with Gasteiger partial charge >= 0.3 is 5.97 Å². The summed E-state index contributed by atoms with van der Waals surface area (Å²) in [6.07, 6.45) is 2.41. The van der Waals surface area contributed by atoms with Crippen molar-refractivity contribution in [3.63, 3.8) is 0 Å². The smallest absolute Gasteiger partial charge is 0.328 e. The largest absolute Gasteiger partial charge is 0.478 e. The molecule has 4 N–H and O–H groups in total. The standard InChI is InChI=1S/C12H10N4O4/c13-11-10(15-20-16-11)12(19)14-8-3-1-2-7(6-8)4-5-9(17)18/h1-6H,(H2,13,16)(H,14,19)(H,17,18)/b5-4+. The van der Waals surface area contributed by atoms with Crippen LogP contribution in [0.2, 0.25) is 0 Å². The van der Waals surface area contributed by atoms with E-state index in [9.17, 15) is 9.59 Å². The topological polar surface area (TPSA) is 131 Å². The number of anilines is 2. The number of hydrogen-bond donors (Lipinski definition) is 3. The van der Waals surface area contributed by atoms with Gasteiger partial charge in [0.2, 0.25) is 11.5 Å². The maximum Gasteiger partial charge on any atom is 0.328 e. The van der Waals surface area contributed by atoms with Crippen molar-refractivity contribution in [3.05, 3.63) is 41.6 Å². The van der Waals surface area contributed by atoms with E-state index in [4.69, 9.17) is 10.8 Å². The van der Waals surface area contributed by atoms with E-state index in [1.165, 1.54) is 6.08 Å². The maximum absolute atomic E-state index is 11.8. The number of nitrogen functional groups attached to an aromatic ring is 1. The van der Waals surface area contributed by atoms with Crippen LogP contribution in [0.25, 0.3) is 6.08 Å². The molecule has 0 spiro atoms. The third kappa shape index (κ3) is 3.19. The lowest BCUT2D eigenvalue weighted by molar-refractivity contribution is -0.131. The first-order valence-corrected chi connectivity index (χ1v) is 5.46.